The van der Waals surface area contributed by atoms with Crippen molar-refractivity contribution < 1.29 is 40.6 Å². The second kappa shape index (κ2) is 10.3. The van der Waals surface area contributed by atoms with Crippen LogP contribution in [-0.4, -0.2) is 50.3 Å². The Bertz CT molecular complexity index is 1150. The topological polar surface area (TPSA) is 62.8 Å². The van der Waals surface area contributed by atoms with E-state index in [1.165, 1.54) is 13.2 Å². The van der Waals surface area contributed by atoms with Crippen LogP contribution in [0.3, 0.4) is 0 Å². The number of benzene rings is 2. The van der Waals surface area contributed by atoms with Crippen molar-refractivity contribution in [2.75, 3.05) is 26.0 Å². The number of carbonyl (C=O) groups is 1. The van der Waals surface area contributed by atoms with Crippen molar-refractivity contribution in [1.82, 2.24) is 10.2 Å². The molecule has 1 saturated heterocycles. The standard InChI is InChI=1S/C25H27F6N3O3/c1-34-8-7-24(14-3-4-19(37-22(27)28)20(11-14)36-2)6-5-17(13-21(24)34)32-23(35)33-18-10-15(25(29,30)31)9-16(26)12-18/h3-4,9-12,17,21-22H,5-8,13H2,1-2H3,(H2,32,33,35)/t17-,21-,24+/m1/s1. The summed E-state index contributed by atoms with van der Waals surface area (Å²) >= 11 is 0. The van der Waals surface area contributed by atoms with E-state index in [0.29, 0.717) is 31.4 Å². The molecule has 2 N–H and O–H groups in total. The monoisotopic (exact) mass is 531 g/mol. The van der Waals surface area contributed by atoms with E-state index in [2.05, 4.69) is 20.3 Å². The largest absolute Gasteiger partial charge is 0.493 e. The Balaban J connectivity index is 1.47. The molecule has 1 aliphatic carbocycles. The first kappa shape index (κ1) is 26.9. The van der Waals surface area contributed by atoms with Crippen molar-refractivity contribution in [3.63, 3.8) is 0 Å². The zero-order valence-electron chi connectivity index (χ0n) is 20.2. The highest BCUT2D eigenvalue weighted by molar-refractivity contribution is 5.89. The third-order valence-corrected chi connectivity index (χ3v) is 7.30. The molecule has 0 bridgehead atoms. The van der Waals surface area contributed by atoms with Crippen LogP contribution in [0.15, 0.2) is 36.4 Å². The van der Waals surface area contributed by atoms with Crippen molar-refractivity contribution >= 4 is 11.7 Å². The van der Waals surface area contributed by atoms with Gasteiger partial charge in [-0.05, 0) is 75.2 Å². The van der Waals surface area contributed by atoms with Gasteiger partial charge in [0.1, 0.15) is 5.82 Å². The fraction of sp³-hybridized carbons (Fsp3) is 0.480. The fourth-order valence-corrected chi connectivity index (χ4v) is 5.60. The molecule has 0 unspecified atom stereocenters. The highest BCUT2D eigenvalue weighted by Gasteiger charge is 2.50. The molecule has 1 aliphatic heterocycles. The Morgan fingerprint density at radius 2 is 1.89 bits per heavy atom. The molecule has 12 heteroatoms. The normalized spacial score (nSPS) is 24.0. The first-order valence-corrected chi connectivity index (χ1v) is 11.7. The number of nitrogens with one attached hydrogen (secondary N) is 2. The minimum absolute atomic E-state index is 0.00382. The van der Waals surface area contributed by atoms with Crippen LogP contribution in [0, 0.1) is 5.82 Å². The summed E-state index contributed by atoms with van der Waals surface area (Å²) in [6.45, 7) is -2.20. The van der Waals surface area contributed by atoms with Crippen LogP contribution in [0.25, 0.3) is 0 Å². The lowest BCUT2D eigenvalue weighted by atomic mass is 9.65. The highest BCUT2D eigenvalue weighted by atomic mass is 19.4. The number of likely N-dealkylation sites (tertiary alicyclic amines) is 1. The zero-order chi connectivity index (χ0) is 27.0. The molecule has 0 aromatic heterocycles. The van der Waals surface area contributed by atoms with Crippen molar-refractivity contribution in [2.45, 2.75) is 56.0 Å². The Kier molecular flexibility index (Phi) is 7.50. The minimum atomic E-state index is -4.75. The van der Waals surface area contributed by atoms with Gasteiger partial charge in [-0.2, -0.15) is 22.0 Å². The van der Waals surface area contributed by atoms with Gasteiger partial charge >= 0.3 is 18.8 Å². The molecule has 2 aliphatic rings. The predicted molar refractivity (Wildman–Crippen MR) is 124 cm³/mol. The number of fused-ring (bicyclic) bond motifs is 1. The number of nitrogens with zero attached hydrogens (tertiary/aromatic N) is 1. The van der Waals surface area contributed by atoms with E-state index in [9.17, 15) is 31.1 Å². The molecule has 2 aromatic rings. The summed E-state index contributed by atoms with van der Waals surface area (Å²) in [6.07, 6.45) is -2.13. The second-order valence-electron chi connectivity index (χ2n) is 9.44. The molecule has 3 atom stereocenters. The molecule has 4 rings (SSSR count). The molecular weight excluding hydrogens is 504 g/mol. The van der Waals surface area contributed by atoms with Gasteiger partial charge in [-0.25, -0.2) is 9.18 Å². The van der Waals surface area contributed by atoms with E-state index >= 15 is 0 Å². The molecule has 0 radical (unpaired) electrons. The molecule has 0 spiro atoms. The second-order valence-corrected chi connectivity index (χ2v) is 9.44. The van der Waals surface area contributed by atoms with Crippen LogP contribution in [-0.2, 0) is 11.6 Å². The van der Waals surface area contributed by atoms with Gasteiger partial charge in [0.25, 0.3) is 0 Å². The summed E-state index contributed by atoms with van der Waals surface area (Å²) in [5.41, 5.74) is -0.878. The Labute approximate surface area is 209 Å². The zero-order valence-corrected chi connectivity index (χ0v) is 20.2. The summed E-state index contributed by atoms with van der Waals surface area (Å²) in [5, 5.41) is 5.09. The average Bonchev–Trinajstić information content (AvgIpc) is 3.15. The maximum atomic E-state index is 13.7. The molecule has 1 saturated carbocycles. The molecular formula is C25H27F6N3O3. The molecule has 2 fully saturated rings. The van der Waals surface area contributed by atoms with Crippen LogP contribution in [0.1, 0.15) is 36.8 Å². The van der Waals surface area contributed by atoms with Crippen LogP contribution < -0.4 is 20.1 Å². The first-order valence-electron chi connectivity index (χ1n) is 11.7. The van der Waals surface area contributed by atoms with Gasteiger partial charge in [0.15, 0.2) is 11.5 Å². The molecule has 202 valence electrons. The Hall–Kier alpha value is -3.15. The summed E-state index contributed by atoms with van der Waals surface area (Å²) in [4.78, 5) is 14.7. The number of hydrogen-bond donors (Lipinski definition) is 2. The molecule has 1 heterocycles. The van der Waals surface area contributed by atoms with Crippen LogP contribution in [0.4, 0.5) is 36.8 Å². The minimum Gasteiger partial charge on any atom is -0.493 e. The number of anilines is 1. The lowest BCUT2D eigenvalue weighted by molar-refractivity contribution is -0.137. The third-order valence-electron chi connectivity index (χ3n) is 7.30. The number of ether oxygens (including phenoxy) is 2. The quantitative estimate of drug-likeness (QED) is 0.465. The number of halogens is 6. The van der Waals surface area contributed by atoms with Gasteiger partial charge in [-0.3, -0.25) is 0 Å². The fourth-order valence-electron chi connectivity index (χ4n) is 5.60. The maximum Gasteiger partial charge on any atom is 0.416 e. The van der Waals surface area contributed by atoms with Crippen molar-refractivity contribution in [3.8, 4) is 11.5 Å². The maximum absolute atomic E-state index is 13.7. The van der Waals surface area contributed by atoms with Crippen molar-refractivity contribution in [3.05, 3.63) is 53.3 Å². The van der Waals surface area contributed by atoms with Gasteiger partial charge in [0.05, 0.1) is 12.7 Å². The average molecular weight is 531 g/mol. The van der Waals surface area contributed by atoms with Crippen LogP contribution >= 0.6 is 0 Å². The van der Waals surface area contributed by atoms with Gasteiger partial charge in [-0.15, -0.1) is 0 Å². The van der Waals surface area contributed by atoms with E-state index in [1.807, 2.05) is 7.05 Å². The lowest BCUT2D eigenvalue weighted by Gasteiger charge is -2.45. The highest BCUT2D eigenvalue weighted by Crippen LogP contribution is 2.50. The lowest BCUT2D eigenvalue weighted by Crippen LogP contribution is -2.52. The summed E-state index contributed by atoms with van der Waals surface area (Å²) < 4.78 is 87.9. The van der Waals surface area contributed by atoms with Gasteiger partial charge in [-0.1, -0.05) is 6.07 Å². The Morgan fingerprint density at radius 3 is 2.57 bits per heavy atom. The van der Waals surface area contributed by atoms with E-state index in [4.69, 9.17) is 4.74 Å². The van der Waals surface area contributed by atoms with E-state index in [0.717, 1.165) is 24.6 Å². The molecule has 6 nitrogen and oxygen atoms in total. The Morgan fingerprint density at radius 1 is 1.14 bits per heavy atom. The molecule has 2 amide bonds. The number of amides is 2. The van der Waals surface area contributed by atoms with Crippen molar-refractivity contribution in [1.29, 1.82) is 0 Å². The number of methoxy groups -OCH3 is 1. The van der Waals surface area contributed by atoms with Crippen molar-refractivity contribution in [2.24, 2.45) is 0 Å². The smallest absolute Gasteiger partial charge is 0.416 e. The first-order chi connectivity index (χ1) is 17.4. The number of rotatable bonds is 6. The van der Waals surface area contributed by atoms with Gasteiger partial charge < -0.3 is 25.0 Å². The molecule has 2 aromatic carbocycles. The summed E-state index contributed by atoms with van der Waals surface area (Å²) in [7, 11) is 3.34. The number of hydrogen-bond acceptors (Lipinski definition) is 4. The SMILES string of the molecule is COc1cc([C@@]23CC[C@@H](NC(=O)Nc4cc(F)cc(C(F)(F)F)c4)C[C@H]2N(C)CC3)ccc1OC(F)F. The third kappa shape index (κ3) is 5.73. The van der Waals surface area contributed by atoms with Gasteiger partial charge in [0.2, 0.25) is 0 Å². The number of carbonyl (C=O) groups excluding carboxylic acids is 1. The van der Waals surface area contributed by atoms with E-state index in [1.54, 1.807) is 12.1 Å². The van der Waals surface area contributed by atoms with Gasteiger partial charge in [0, 0.05) is 23.2 Å². The number of likely N-dealkylation sites (N-methyl/N-ethyl adjacent to an activating group) is 1. The number of alkyl halides is 5. The van der Waals surface area contributed by atoms with Crippen LogP contribution in [0.5, 0.6) is 11.5 Å². The number of urea groups is 1. The van der Waals surface area contributed by atoms with E-state index in [-0.39, 0.29) is 34.7 Å². The van der Waals surface area contributed by atoms with E-state index < -0.39 is 30.2 Å². The summed E-state index contributed by atoms with van der Waals surface area (Å²) in [6, 6.07) is 5.79. The predicted octanol–water partition coefficient (Wildman–Crippen LogP) is 5.77. The molecule has 37 heavy (non-hydrogen) atoms. The summed E-state index contributed by atoms with van der Waals surface area (Å²) in [5.74, 6) is -0.965. The van der Waals surface area contributed by atoms with Crippen LogP contribution in [0.2, 0.25) is 0 Å².